The van der Waals surface area contributed by atoms with Crippen molar-refractivity contribution in [3.8, 4) is 0 Å². The van der Waals surface area contributed by atoms with E-state index in [9.17, 15) is 28.0 Å². The van der Waals surface area contributed by atoms with Gasteiger partial charge in [0.1, 0.15) is 11.6 Å². The molecule has 0 aromatic heterocycles. The molecule has 1 saturated heterocycles. The molecule has 3 rings (SSSR count). The highest BCUT2D eigenvalue weighted by molar-refractivity contribution is 6.20. The highest BCUT2D eigenvalue weighted by atomic mass is 19.1. The molecule has 0 bridgehead atoms. The fourth-order valence-corrected chi connectivity index (χ4v) is 2.74. The number of benzene rings is 2. The Bertz CT molecular complexity index is 992. The van der Waals surface area contributed by atoms with Crippen molar-refractivity contribution < 1.29 is 32.7 Å². The molecule has 1 aliphatic rings. The molecule has 0 spiro atoms. The van der Waals surface area contributed by atoms with Gasteiger partial charge in [0.2, 0.25) is 11.8 Å². The van der Waals surface area contributed by atoms with Crippen LogP contribution in [-0.2, 0) is 19.1 Å². The number of imide groups is 1. The second-order valence-electron chi connectivity index (χ2n) is 6.33. The van der Waals surface area contributed by atoms with Gasteiger partial charge >= 0.3 is 5.97 Å². The minimum absolute atomic E-state index is 0.0302. The highest BCUT2D eigenvalue weighted by Crippen LogP contribution is 2.24. The smallest absolute Gasteiger partial charge is 0.338 e. The number of nitrogens with one attached hydrogen (secondary N) is 1. The Kier molecular flexibility index (Phi) is 5.67. The Labute approximate surface area is 164 Å². The first-order chi connectivity index (χ1) is 13.8. The first-order valence-electron chi connectivity index (χ1n) is 8.69. The Balaban J connectivity index is 1.68. The van der Waals surface area contributed by atoms with Crippen LogP contribution in [0.25, 0.3) is 0 Å². The summed E-state index contributed by atoms with van der Waals surface area (Å²) in [5, 5.41) is 2.21. The zero-order valence-corrected chi connectivity index (χ0v) is 15.3. The van der Waals surface area contributed by atoms with Crippen LogP contribution in [0.5, 0.6) is 0 Å². The summed E-state index contributed by atoms with van der Waals surface area (Å²) >= 11 is 0. The maximum atomic E-state index is 13.6. The van der Waals surface area contributed by atoms with E-state index >= 15 is 0 Å². The van der Waals surface area contributed by atoms with Gasteiger partial charge in [-0.05, 0) is 37.3 Å². The summed E-state index contributed by atoms with van der Waals surface area (Å²) in [6.07, 6.45) is -1.08. The molecule has 150 valence electrons. The third kappa shape index (κ3) is 4.45. The first kappa shape index (κ1) is 20.1. The Hall–Kier alpha value is -3.62. The Morgan fingerprint density at radius 2 is 1.76 bits per heavy atom. The van der Waals surface area contributed by atoms with Crippen LogP contribution < -0.4 is 10.2 Å². The summed E-state index contributed by atoms with van der Waals surface area (Å²) < 4.78 is 31.6. The number of halogens is 2. The van der Waals surface area contributed by atoms with Crippen LogP contribution in [0.2, 0.25) is 0 Å². The maximum Gasteiger partial charge on any atom is 0.338 e. The number of ether oxygens (including phenoxy) is 1. The van der Waals surface area contributed by atoms with Gasteiger partial charge in [0.05, 0.1) is 16.9 Å². The summed E-state index contributed by atoms with van der Waals surface area (Å²) in [5.41, 5.74) is 0.00686. The van der Waals surface area contributed by atoms with Crippen molar-refractivity contribution in [3.05, 3.63) is 59.7 Å². The van der Waals surface area contributed by atoms with E-state index in [1.165, 1.54) is 31.2 Å². The van der Waals surface area contributed by atoms with Crippen molar-refractivity contribution in [2.45, 2.75) is 25.9 Å². The molecule has 1 atom stereocenters. The van der Waals surface area contributed by atoms with E-state index < -0.39 is 29.6 Å². The average Bonchev–Trinajstić information content (AvgIpc) is 3.02. The summed E-state index contributed by atoms with van der Waals surface area (Å²) in [6.45, 7) is 1.28. The van der Waals surface area contributed by atoms with Crippen LogP contribution >= 0.6 is 0 Å². The van der Waals surface area contributed by atoms with Crippen molar-refractivity contribution in [1.82, 2.24) is 0 Å². The molecule has 2 aromatic carbocycles. The molecule has 0 saturated carbocycles. The second kappa shape index (κ2) is 8.17. The van der Waals surface area contributed by atoms with Crippen LogP contribution in [-0.4, -0.2) is 29.8 Å². The van der Waals surface area contributed by atoms with Gasteiger partial charge in [-0.25, -0.2) is 13.6 Å². The van der Waals surface area contributed by atoms with Gasteiger partial charge in [0.15, 0.2) is 6.10 Å². The quantitative estimate of drug-likeness (QED) is 0.613. The molecule has 0 radical (unpaired) electrons. The van der Waals surface area contributed by atoms with E-state index in [2.05, 4.69) is 5.32 Å². The zero-order valence-electron chi connectivity index (χ0n) is 15.3. The standard InChI is InChI=1S/C20H16F2N2O5/c1-11(19(27)23-16-6-5-13(21)10-15(16)22)29-20(28)12-3-2-4-14(9-12)24-17(25)7-8-18(24)26/h2-6,9-11H,7-8H2,1H3,(H,23,27)/t11-/m0/s1. The lowest BCUT2D eigenvalue weighted by Crippen LogP contribution is -2.31. The van der Waals surface area contributed by atoms with Gasteiger partial charge < -0.3 is 10.1 Å². The van der Waals surface area contributed by atoms with Crippen molar-refractivity contribution in [3.63, 3.8) is 0 Å². The van der Waals surface area contributed by atoms with Crippen LogP contribution in [0.4, 0.5) is 20.2 Å². The largest absolute Gasteiger partial charge is 0.449 e. The fourth-order valence-electron chi connectivity index (χ4n) is 2.74. The fraction of sp³-hybridized carbons (Fsp3) is 0.200. The normalized spacial score (nSPS) is 14.7. The van der Waals surface area contributed by atoms with E-state index in [1.807, 2.05) is 0 Å². The summed E-state index contributed by atoms with van der Waals surface area (Å²) in [6, 6.07) is 8.33. The third-order valence-electron chi connectivity index (χ3n) is 4.23. The van der Waals surface area contributed by atoms with Crippen LogP contribution in [0.1, 0.15) is 30.1 Å². The molecule has 1 heterocycles. The van der Waals surface area contributed by atoms with Gasteiger partial charge in [-0.15, -0.1) is 0 Å². The number of carbonyl (C=O) groups excluding carboxylic acids is 4. The van der Waals surface area contributed by atoms with E-state index in [1.54, 1.807) is 0 Å². The third-order valence-corrected chi connectivity index (χ3v) is 4.23. The summed E-state index contributed by atoms with van der Waals surface area (Å²) in [5.74, 6) is -4.18. The molecular formula is C20H16F2N2O5. The van der Waals surface area contributed by atoms with Gasteiger partial charge in [0, 0.05) is 18.9 Å². The van der Waals surface area contributed by atoms with Crippen molar-refractivity contribution in [2.24, 2.45) is 0 Å². The number of carbonyl (C=O) groups is 4. The summed E-state index contributed by atoms with van der Waals surface area (Å²) in [4.78, 5) is 49.1. The lowest BCUT2D eigenvalue weighted by molar-refractivity contribution is -0.124. The predicted octanol–water partition coefficient (Wildman–Crippen LogP) is 2.80. The number of hydrogen-bond acceptors (Lipinski definition) is 5. The number of nitrogens with zero attached hydrogens (tertiary/aromatic N) is 1. The second-order valence-corrected chi connectivity index (χ2v) is 6.33. The van der Waals surface area contributed by atoms with Crippen LogP contribution in [0, 0.1) is 11.6 Å². The lowest BCUT2D eigenvalue weighted by atomic mass is 10.2. The van der Waals surface area contributed by atoms with E-state index in [4.69, 9.17) is 4.74 Å². The molecule has 1 fully saturated rings. The van der Waals surface area contributed by atoms with Gasteiger partial charge in [-0.1, -0.05) is 6.07 Å². The topological polar surface area (TPSA) is 92.8 Å². The molecule has 0 unspecified atom stereocenters. The SMILES string of the molecule is C[C@H](OC(=O)c1cccc(N2C(=O)CCC2=O)c1)C(=O)Nc1ccc(F)cc1F. The Morgan fingerprint density at radius 1 is 1.07 bits per heavy atom. The van der Waals surface area contributed by atoms with E-state index in [-0.39, 0.29) is 41.6 Å². The number of anilines is 2. The predicted molar refractivity (Wildman–Crippen MR) is 98.0 cm³/mol. The maximum absolute atomic E-state index is 13.6. The first-order valence-corrected chi connectivity index (χ1v) is 8.69. The molecule has 1 N–H and O–H groups in total. The monoisotopic (exact) mass is 402 g/mol. The highest BCUT2D eigenvalue weighted by Gasteiger charge is 2.31. The van der Waals surface area contributed by atoms with Gasteiger partial charge in [0.25, 0.3) is 5.91 Å². The zero-order chi connectivity index (χ0) is 21.1. The van der Waals surface area contributed by atoms with Crippen molar-refractivity contribution >= 4 is 35.1 Å². The van der Waals surface area contributed by atoms with Crippen molar-refractivity contribution in [2.75, 3.05) is 10.2 Å². The number of amides is 3. The van der Waals surface area contributed by atoms with Crippen LogP contribution in [0.3, 0.4) is 0 Å². The van der Waals surface area contributed by atoms with Gasteiger partial charge in [-0.2, -0.15) is 0 Å². The van der Waals surface area contributed by atoms with E-state index in [0.717, 1.165) is 17.0 Å². The van der Waals surface area contributed by atoms with E-state index in [0.29, 0.717) is 6.07 Å². The molecule has 29 heavy (non-hydrogen) atoms. The molecule has 2 aromatic rings. The molecule has 7 nitrogen and oxygen atoms in total. The average molecular weight is 402 g/mol. The minimum Gasteiger partial charge on any atom is -0.449 e. The van der Waals surface area contributed by atoms with Crippen LogP contribution in [0.15, 0.2) is 42.5 Å². The minimum atomic E-state index is -1.29. The summed E-state index contributed by atoms with van der Waals surface area (Å²) in [7, 11) is 0. The molecular weight excluding hydrogens is 386 g/mol. The molecule has 9 heteroatoms. The van der Waals surface area contributed by atoms with Crippen molar-refractivity contribution in [1.29, 1.82) is 0 Å². The molecule has 3 amide bonds. The Morgan fingerprint density at radius 3 is 2.41 bits per heavy atom. The number of esters is 1. The number of hydrogen-bond donors (Lipinski definition) is 1. The molecule has 0 aliphatic carbocycles. The van der Waals surface area contributed by atoms with Gasteiger partial charge in [-0.3, -0.25) is 19.3 Å². The number of rotatable bonds is 5. The molecule has 1 aliphatic heterocycles. The lowest BCUT2D eigenvalue weighted by Gasteiger charge is -2.16.